The van der Waals surface area contributed by atoms with E-state index in [9.17, 15) is 4.79 Å². The summed E-state index contributed by atoms with van der Waals surface area (Å²) in [6, 6.07) is 10.9. The van der Waals surface area contributed by atoms with Gasteiger partial charge in [-0.1, -0.05) is 0 Å². The summed E-state index contributed by atoms with van der Waals surface area (Å²) >= 11 is 0. The minimum absolute atomic E-state index is 0.290. The number of carbonyl (C=O) groups is 1. The fourth-order valence-electron chi connectivity index (χ4n) is 2.28. The second-order valence-corrected chi connectivity index (χ2v) is 5.52. The number of anilines is 2. The largest absolute Gasteiger partial charge is 0.357 e. The number of hydrogen-bond donors (Lipinski definition) is 2. The molecule has 1 aromatic carbocycles. The minimum Gasteiger partial charge on any atom is -0.357 e. The Bertz CT molecular complexity index is 908. The summed E-state index contributed by atoms with van der Waals surface area (Å²) in [5.74, 6) is 0.779. The molecule has 7 heteroatoms. The van der Waals surface area contributed by atoms with Gasteiger partial charge in [-0.05, 0) is 50.2 Å². The van der Waals surface area contributed by atoms with E-state index in [0.29, 0.717) is 23.2 Å². The standard InChI is InChI=1S/C18H18N6O/c1-11-8-9-20-16(21-11)13-4-6-14(7-5-13)23-17(25)15-10-12(2)22-18(19-3)24-15/h4-10H,1-3H3,(H,23,25)(H,19,22,24). The van der Waals surface area contributed by atoms with E-state index in [1.165, 1.54) is 0 Å². The number of aryl methyl sites for hydroxylation is 2. The Hall–Kier alpha value is -3.35. The molecule has 0 atom stereocenters. The van der Waals surface area contributed by atoms with Gasteiger partial charge in [-0.2, -0.15) is 0 Å². The lowest BCUT2D eigenvalue weighted by atomic mass is 10.2. The summed E-state index contributed by atoms with van der Waals surface area (Å²) in [4.78, 5) is 29.4. The smallest absolute Gasteiger partial charge is 0.274 e. The molecule has 3 rings (SSSR count). The quantitative estimate of drug-likeness (QED) is 0.762. The summed E-state index contributed by atoms with van der Waals surface area (Å²) in [5.41, 5.74) is 3.49. The summed E-state index contributed by atoms with van der Waals surface area (Å²) in [7, 11) is 1.71. The van der Waals surface area contributed by atoms with E-state index < -0.39 is 0 Å². The van der Waals surface area contributed by atoms with Crippen molar-refractivity contribution in [3.8, 4) is 11.4 Å². The number of nitrogens with zero attached hydrogens (tertiary/aromatic N) is 4. The normalized spacial score (nSPS) is 10.4. The van der Waals surface area contributed by atoms with Gasteiger partial charge in [-0.15, -0.1) is 0 Å². The highest BCUT2D eigenvalue weighted by atomic mass is 16.1. The van der Waals surface area contributed by atoms with Crippen molar-refractivity contribution < 1.29 is 4.79 Å². The summed E-state index contributed by atoms with van der Waals surface area (Å²) < 4.78 is 0. The molecule has 0 saturated carbocycles. The molecule has 7 nitrogen and oxygen atoms in total. The number of nitrogens with one attached hydrogen (secondary N) is 2. The van der Waals surface area contributed by atoms with E-state index in [2.05, 4.69) is 30.6 Å². The first-order valence-electron chi connectivity index (χ1n) is 7.80. The van der Waals surface area contributed by atoms with Crippen LogP contribution in [0.3, 0.4) is 0 Å². The lowest BCUT2D eigenvalue weighted by molar-refractivity contribution is 0.102. The second-order valence-electron chi connectivity index (χ2n) is 5.52. The van der Waals surface area contributed by atoms with Crippen molar-refractivity contribution in [3.63, 3.8) is 0 Å². The molecule has 2 aromatic heterocycles. The molecular weight excluding hydrogens is 316 g/mol. The summed E-state index contributed by atoms with van der Waals surface area (Å²) in [6.45, 7) is 3.73. The molecular formula is C18H18N6O. The van der Waals surface area contributed by atoms with E-state index in [1.54, 1.807) is 19.3 Å². The van der Waals surface area contributed by atoms with E-state index in [-0.39, 0.29) is 5.91 Å². The first kappa shape index (κ1) is 16.5. The average molecular weight is 334 g/mol. The van der Waals surface area contributed by atoms with Crippen molar-refractivity contribution in [3.05, 3.63) is 59.7 Å². The van der Waals surface area contributed by atoms with Crippen molar-refractivity contribution in [2.24, 2.45) is 0 Å². The molecule has 0 saturated heterocycles. The van der Waals surface area contributed by atoms with Gasteiger partial charge in [0.1, 0.15) is 5.69 Å². The highest BCUT2D eigenvalue weighted by molar-refractivity contribution is 6.03. The van der Waals surface area contributed by atoms with Crippen LogP contribution in [0, 0.1) is 13.8 Å². The van der Waals surface area contributed by atoms with Crippen LogP contribution in [-0.2, 0) is 0 Å². The molecule has 0 aliphatic rings. The molecule has 0 fully saturated rings. The summed E-state index contributed by atoms with van der Waals surface area (Å²) in [6.07, 6.45) is 1.73. The fourth-order valence-corrected chi connectivity index (χ4v) is 2.28. The van der Waals surface area contributed by atoms with Crippen molar-refractivity contribution in [2.75, 3.05) is 17.7 Å². The van der Waals surface area contributed by atoms with Gasteiger partial charge < -0.3 is 10.6 Å². The third-order valence-corrected chi connectivity index (χ3v) is 3.51. The topological polar surface area (TPSA) is 92.7 Å². The van der Waals surface area contributed by atoms with Gasteiger partial charge in [0.25, 0.3) is 5.91 Å². The number of hydrogen-bond acceptors (Lipinski definition) is 6. The van der Waals surface area contributed by atoms with Crippen LogP contribution in [0.25, 0.3) is 11.4 Å². The third kappa shape index (κ3) is 3.95. The van der Waals surface area contributed by atoms with Crippen LogP contribution in [0.5, 0.6) is 0 Å². The lowest BCUT2D eigenvalue weighted by Gasteiger charge is -2.08. The van der Waals surface area contributed by atoms with E-state index in [4.69, 9.17) is 0 Å². The fraction of sp³-hybridized carbons (Fsp3) is 0.167. The van der Waals surface area contributed by atoms with Gasteiger partial charge in [0.05, 0.1) is 0 Å². The van der Waals surface area contributed by atoms with Crippen molar-refractivity contribution in [1.82, 2.24) is 19.9 Å². The Balaban J connectivity index is 1.77. The van der Waals surface area contributed by atoms with Crippen LogP contribution >= 0.6 is 0 Å². The first-order chi connectivity index (χ1) is 12.0. The molecule has 25 heavy (non-hydrogen) atoms. The third-order valence-electron chi connectivity index (χ3n) is 3.51. The predicted octanol–water partition coefficient (Wildman–Crippen LogP) is 2.84. The zero-order valence-corrected chi connectivity index (χ0v) is 14.2. The number of carbonyl (C=O) groups excluding carboxylic acids is 1. The van der Waals surface area contributed by atoms with Crippen LogP contribution < -0.4 is 10.6 Å². The predicted molar refractivity (Wildman–Crippen MR) is 96.5 cm³/mol. The molecule has 126 valence electrons. The van der Waals surface area contributed by atoms with Crippen LogP contribution in [0.2, 0.25) is 0 Å². The lowest BCUT2D eigenvalue weighted by Crippen LogP contribution is -2.15. The van der Waals surface area contributed by atoms with E-state index in [1.807, 2.05) is 44.2 Å². The van der Waals surface area contributed by atoms with Gasteiger partial charge in [0, 0.05) is 35.9 Å². The highest BCUT2D eigenvalue weighted by Crippen LogP contribution is 2.18. The average Bonchev–Trinajstić information content (AvgIpc) is 2.61. The van der Waals surface area contributed by atoms with Gasteiger partial charge in [-0.3, -0.25) is 4.79 Å². The number of rotatable bonds is 4. The minimum atomic E-state index is -0.290. The molecule has 2 N–H and O–H groups in total. The maximum Gasteiger partial charge on any atom is 0.274 e. The molecule has 0 aliphatic carbocycles. The molecule has 2 heterocycles. The SMILES string of the molecule is CNc1nc(C)cc(C(=O)Nc2ccc(-c3nccc(C)n3)cc2)n1. The first-order valence-corrected chi connectivity index (χ1v) is 7.80. The molecule has 0 spiro atoms. The van der Waals surface area contributed by atoms with Crippen LogP contribution in [0.1, 0.15) is 21.9 Å². The second kappa shape index (κ2) is 7.04. The maximum absolute atomic E-state index is 12.4. The number of benzene rings is 1. The van der Waals surface area contributed by atoms with Crippen molar-refractivity contribution in [2.45, 2.75) is 13.8 Å². The van der Waals surface area contributed by atoms with Crippen molar-refractivity contribution >= 4 is 17.5 Å². The van der Waals surface area contributed by atoms with Crippen LogP contribution in [0.4, 0.5) is 11.6 Å². The summed E-state index contributed by atoms with van der Waals surface area (Å²) in [5, 5.41) is 5.67. The van der Waals surface area contributed by atoms with Gasteiger partial charge >= 0.3 is 0 Å². The van der Waals surface area contributed by atoms with Gasteiger partial charge in [-0.25, -0.2) is 19.9 Å². The Kier molecular flexibility index (Phi) is 4.65. The van der Waals surface area contributed by atoms with E-state index >= 15 is 0 Å². The van der Waals surface area contributed by atoms with Gasteiger partial charge in [0.15, 0.2) is 5.82 Å². The molecule has 0 bridgehead atoms. The zero-order valence-electron chi connectivity index (χ0n) is 14.2. The Morgan fingerprint density at radius 3 is 2.40 bits per heavy atom. The highest BCUT2D eigenvalue weighted by Gasteiger charge is 2.11. The van der Waals surface area contributed by atoms with Crippen LogP contribution in [0.15, 0.2) is 42.6 Å². The van der Waals surface area contributed by atoms with E-state index in [0.717, 1.165) is 17.0 Å². The number of amides is 1. The monoisotopic (exact) mass is 334 g/mol. The Morgan fingerprint density at radius 1 is 0.960 bits per heavy atom. The zero-order chi connectivity index (χ0) is 17.8. The molecule has 0 radical (unpaired) electrons. The molecule has 1 amide bonds. The molecule has 3 aromatic rings. The maximum atomic E-state index is 12.4. The number of aromatic nitrogens is 4. The molecule has 0 unspecified atom stereocenters. The van der Waals surface area contributed by atoms with Gasteiger partial charge in [0.2, 0.25) is 5.95 Å². The van der Waals surface area contributed by atoms with Crippen LogP contribution in [-0.4, -0.2) is 32.9 Å². The molecule has 0 aliphatic heterocycles. The Labute approximate surface area is 145 Å². The van der Waals surface area contributed by atoms with Crippen molar-refractivity contribution in [1.29, 1.82) is 0 Å². The Morgan fingerprint density at radius 2 is 1.72 bits per heavy atom.